The molecule has 2 heterocycles. The van der Waals surface area contributed by atoms with Gasteiger partial charge in [0.2, 0.25) is 0 Å². The minimum Gasteiger partial charge on any atom is -0.448 e. The number of nitrogens with one attached hydrogen (secondary N) is 3. The average Bonchev–Trinajstić information content (AvgIpc) is 3.20. The van der Waals surface area contributed by atoms with Crippen LogP contribution in [-0.4, -0.2) is 54.0 Å². The Kier molecular flexibility index (Phi) is 7.09. The first-order valence-electron chi connectivity index (χ1n) is 10.5. The van der Waals surface area contributed by atoms with Crippen LogP contribution >= 0.6 is 0 Å². The highest BCUT2D eigenvalue weighted by Crippen LogP contribution is 2.34. The number of amides is 3. The minimum absolute atomic E-state index is 0.175. The number of aryl methyl sites for hydroxylation is 1. The van der Waals surface area contributed by atoms with Gasteiger partial charge in [-0.25, -0.2) is 9.18 Å². The molecule has 2 aromatic rings. The van der Waals surface area contributed by atoms with E-state index in [0.717, 1.165) is 13.1 Å². The lowest BCUT2D eigenvalue weighted by Gasteiger charge is -2.17. The fourth-order valence-corrected chi connectivity index (χ4v) is 3.71. The average molecular weight is 442 g/mol. The number of carbonyl (C=O) groups excluding carboxylic acids is 3. The van der Waals surface area contributed by atoms with E-state index in [2.05, 4.69) is 20.5 Å². The quantitative estimate of drug-likeness (QED) is 0.570. The van der Waals surface area contributed by atoms with Crippen LogP contribution in [-0.2, 0) is 9.53 Å². The maximum absolute atomic E-state index is 13.7. The van der Waals surface area contributed by atoms with Crippen LogP contribution in [0.3, 0.4) is 0 Å². The number of aromatic nitrogens is 1. The molecule has 3 rings (SSSR count). The number of halogens is 1. The zero-order valence-corrected chi connectivity index (χ0v) is 18.6. The molecule has 0 aliphatic carbocycles. The van der Waals surface area contributed by atoms with E-state index in [9.17, 15) is 18.8 Å². The highest BCUT2D eigenvalue weighted by atomic mass is 19.1. The van der Waals surface area contributed by atoms with Crippen LogP contribution in [0.2, 0.25) is 0 Å². The van der Waals surface area contributed by atoms with Gasteiger partial charge in [-0.15, -0.1) is 0 Å². The summed E-state index contributed by atoms with van der Waals surface area (Å²) in [5.41, 5.74) is 3.15. The Bertz CT molecular complexity index is 1090. The van der Waals surface area contributed by atoms with Gasteiger partial charge in [0.1, 0.15) is 12.4 Å². The number of aromatic amines is 1. The monoisotopic (exact) mass is 442 g/mol. The molecule has 1 aromatic heterocycles. The van der Waals surface area contributed by atoms with E-state index in [1.165, 1.54) is 18.2 Å². The molecule has 3 amide bonds. The lowest BCUT2D eigenvalue weighted by molar-refractivity contribution is -0.110. The number of anilines is 1. The van der Waals surface area contributed by atoms with E-state index in [1.807, 2.05) is 13.8 Å². The lowest BCUT2D eigenvalue weighted by Crippen LogP contribution is -2.34. The van der Waals surface area contributed by atoms with Gasteiger partial charge in [0.15, 0.2) is 0 Å². The van der Waals surface area contributed by atoms with Crippen molar-refractivity contribution in [2.75, 3.05) is 31.6 Å². The smallest absolute Gasteiger partial charge is 0.414 e. The Balaban J connectivity index is 1.75. The molecule has 0 fully saturated rings. The van der Waals surface area contributed by atoms with Crippen LogP contribution in [0, 0.1) is 19.7 Å². The fraction of sp³-hybridized carbons (Fsp3) is 0.348. The maximum atomic E-state index is 13.7. The van der Waals surface area contributed by atoms with Crippen molar-refractivity contribution in [1.29, 1.82) is 0 Å². The first-order valence-corrected chi connectivity index (χ1v) is 10.5. The van der Waals surface area contributed by atoms with Crippen LogP contribution in [0.25, 0.3) is 11.6 Å². The number of alkyl carbamates (subject to hydrolysis) is 1. The molecule has 0 atom stereocenters. The van der Waals surface area contributed by atoms with E-state index >= 15 is 0 Å². The standard InChI is InChI=1S/C23H27FN4O4/c1-5-28(6-2)9-10-32-23(31)27-22(30)20-13(3)19(25-14(20)4)12-17-16-11-15(24)7-8-18(16)26-21(17)29/h7-8,11-12,25H,5-6,9-10H2,1-4H3,(H,26,29)(H,27,30,31). The molecule has 0 spiro atoms. The van der Waals surface area contributed by atoms with Crippen molar-refractivity contribution in [3.8, 4) is 0 Å². The third-order valence-corrected chi connectivity index (χ3v) is 5.51. The number of ether oxygens (including phenoxy) is 1. The molecule has 0 saturated heterocycles. The molecule has 0 saturated carbocycles. The number of hydrogen-bond donors (Lipinski definition) is 3. The lowest BCUT2D eigenvalue weighted by atomic mass is 10.0. The van der Waals surface area contributed by atoms with Gasteiger partial charge in [-0.05, 0) is 56.8 Å². The number of carbonyl (C=O) groups is 3. The number of rotatable bonds is 7. The molecule has 1 aliphatic rings. The number of likely N-dealkylation sites (N-methyl/N-ethyl adjacent to an activating group) is 1. The largest absolute Gasteiger partial charge is 0.448 e. The highest BCUT2D eigenvalue weighted by Gasteiger charge is 2.26. The van der Waals surface area contributed by atoms with Crippen molar-refractivity contribution in [3.05, 3.63) is 52.1 Å². The van der Waals surface area contributed by atoms with Gasteiger partial charge in [-0.2, -0.15) is 0 Å². The predicted octanol–water partition coefficient (Wildman–Crippen LogP) is 3.47. The van der Waals surface area contributed by atoms with Crippen LogP contribution in [0.15, 0.2) is 18.2 Å². The van der Waals surface area contributed by atoms with Crippen LogP contribution in [0.1, 0.15) is 46.7 Å². The number of benzene rings is 1. The van der Waals surface area contributed by atoms with E-state index < -0.39 is 17.8 Å². The Labute approximate surface area is 185 Å². The third kappa shape index (κ3) is 4.88. The molecular weight excluding hydrogens is 415 g/mol. The number of hydrogen-bond acceptors (Lipinski definition) is 5. The van der Waals surface area contributed by atoms with Crippen molar-refractivity contribution >= 4 is 35.2 Å². The number of fused-ring (bicyclic) bond motifs is 1. The van der Waals surface area contributed by atoms with E-state index in [4.69, 9.17) is 4.74 Å². The SMILES string of the molecule is CCN(CC)CCOC(=O)NC(=O)c1c(C)[nH]c(C=C2C(=O)Nc3ccc(F)cc32)c1C. The predicted molar refractivity (Wildman–Crippen MR) is 120 cm³/mol. The summed E-state index contributed by atoms with van der Waals surface area (Å²) in [7, 11) is 0. The molecule has 9 heteroatoms. The summed E-state index contributed by atoms with van der Waals surface area (Å²) in [6.45, 7) is 9.87. The molecule has 32 heavy (non-hydrogen) atoms. The molecule has 0 radical (unpaired) electrons. The third-order valence-electron chi connectivity index (χ3n) is 5.51. The maximum Gasteiger partial charge on any atom is 0.414 e. The summed E-state index contributed by atoms with van der Waals surface area (Å²) in [4.78, 5) is 42.2. The van der Waals surface area contributed by atoms with Crippen molar-refractivity contribution < 1.29 is 23.5 Å². The molecule has 0 bridgehead atoms. The molecule has 1 aliphatic heterocycles. The number of nitrogens with zero attached hydrogens (tertiary/aromatic N) is 1. The summed E-state index contributed by atoms with van der Waals surface area (Å²) in [6.07, 6.45) is 0.754. The number of imide groups is 1. The topological polar surface area (TPSA) is 104 Å². The van der Waals surface area contributed by atoms with Crippen LogP contribution in [0.5, 0.6) is 0 Å². The first kappa shape index (κ1) is 23.2. The summed E-state index contributed by atoms with van der Waals surface area (Å²) in [5, 5.41) is 4.93. The summed E-state index contributed by atoms with van der Waals surface area (Å²) >= 11 is 0. The van der Waals surface area contributed by atoms with Gasteiger partial charge in [-0.1, -0.05) is 13.8 Å². The summed E-state index contributed by atoms with van der Waals surface area (Å²) < 4.78 is 18.8. The van der Waals surface area contributed by atoms with Crippen LogP contribution < -0.4 is 10.6 Å². The first-order chi connectivity index (χ1) is 15.2. The normalized spacial score (nSPS) is 13.9. The summed E-state index contributed by atoms with van der Waals surface area (Å²) in [5.74, 6) is -1.42. The molecule has 1 aromatic carbocycles. The number of H-pyrrole nitrogens is 1. The van der Waals surface area contributed by atoms with E-state index in [0.29, 0.717) is 34.7 Å². The molecule has 3 N–H and O–H groups in total. The molecule has 170 valence electrons. The van der Waals surface area contributed by atoms with Crippen molar-refractivity contribution in [2.24, 2.45) is 0 Å². The fourth-order valence-electron chi connectivity index (χ4n) is 3.71. The highest BCUT2D eigenvalue weighted by molar-refractivity contribution is 6.35. The van der Waals surface area contributed by atoms with Gasteiger partial charge in [0, 0.05) is 29.2 Å². The minimum atomic E-state index is -0.818. The van der Waals surface area contributed by atoms with Crippen molar-refractivity contribution in [3.63, 3.8) is 0 Å². The van der Waals surface area contributed by atoms with Gasteiger partial charge in [0.05, 0.1) is 11.1 Å². The Hall–Kier alpha value is -3.46. The van der Waals surface area contributed by atoms with E-state index in [1.54, 1.807) is 19.9 Å². The Morgan fingerprint density at radius 1 is 1.22 bits per heavy atom. The molecule has 0 unspecified atom stereocenters. The second-order valence-corrected chi connectivity index (χ2v) is 7.48. The van der Waals surface area contributed by atoms with Crippen molar-refractivity contribution in [2.45, 2.75) is 27.7 Å². The zero-order valence-electron chi connectivity index (χ0n) is 18.6. The second kappa shape index (κ2) is 9.78. The zero-order chi connectivity index (χ0) is 23.4. The van der Waals surface area contributed by atoms with Gasteiger partial charge < -0.3 is 19.9 Å². The van der Waals surface area contributed by atoms with Gasteiger partial charge >= 0.3 is 6.09 Å². The van der Waals surface area contributed by atoms with Gasteiger partial charge in [-0.3, -0.25) is 14.9 Å². The van der Waals surface area contributed by atoms with E-state index in [-0.39, 0.29) is 23.7 Å². The second-order valence-electron chi connectivity index (χ2n) is 7.48. The van der Waals surface area contributed by atoms with Crippen molar-refractivity contribution in [1.82, 2.24) is 15.2 Å². The van der Waals surface area contributed by atoms with Crippen LogP contribution in [0.4, 0.5) is 14.9 Å². The summed E-state index contributed by atoms with van der Waals surface area (Å²) in [6, 6.07) is 4.06. The molecular formula is C23H27FN4O4. The Morgan fingerprint density at radius 2 is 1.94 bits per heavy atom. The molecule has 8 nitrogen and oxygen atoms in total. The van der Waals surface area contributed by atoms with Gasteiger partial charge in [0.25, 0.3) is 11.8 Å². The Morgan fingerprint density at radius 3 is 2.62 bits per heavy atom.